The third-order valence-corrected chi connectivity index (χ3v) is 6.82. The van der Waals surface area contributed by atoms with Gasteiger partial charge in [0, 0.05) is 36.5 Å². The number of amides is 3. The Kier molecular flexibility index (Phi) is 7.14. The van der Waals surface area contributed by atoms with Gasteiger partial charge in [0.25, 0.3) is 11.8 Å². The highest BCUT2D eigenvalue weighted by atomic mass is 35.5. The van der Waals surface area contributed by atoms with Gasteiger partial charge in [-0.25, -0.2) is 0 Å². The monoisotopic (exact) mass is 501 g/mol. The van der Waals surface area contributed by atoms with E-state index in [1.165, 1.54) is 9.80 Å². The van der Waals surface area contributed by atoms with Gasteiger partial charge in [-0.1, -0.05) is 59.8 Å². The molecule has 2 heterocycles. The lowest BCUT2D eigenvalue weighted by Crippen LogP contribution is -2.35. The van der Waals surface area contributed by atoms with Crippen molar-refractivity contribution in [3.8, 4) is 0 Å². The van der Waals surface area contributed by atoms with Gasteiger partial charge in [-0.3, -0.25) is 24.2 Å². The van der Waals surface area contributed by atoms with Crippen molar-refractivity contribution >= 4 is 74.6 Å². The summed E-state index contributed by atoms with van der Waals surface area (Å²) in [5, 5.41) is 3.24. The van der Waals surface area contributed by atoms with Gasteiger partial charge in [-0.15, -0.1) is 0 Å². The molecule has 0 aliphatic carbocycles. The number of hydrogen-bond donors (Lipinski definition) is 1. The van der Waals surface area contributed by atoms with Gasteiger partial charge in [-0.2, -0.15) is 0 Å². The van der Waals surface area contributed by atoms with Crippen LogP contribution < -0.4 is 10.2 Å². The third kappa shape index (κ3) is 4.81. The molecule has 170 valence electrons. The number of ether oxygens (including phenoxy) is 1. The summed E-state index contributed by atoms with van der Waals surface area (Å²) in [6, 6.07) is 13.9. The molecule has 2 aromatic rings. The highest BCUT2D eigenvalue weighted by Gasteiger charge is 2.42. The quantitative estimate of drug-likeness (QED) is 0.352. The normalized spacial score (nSPS) is 17.7. The molecule has 4 rings (SSSR count). The molecule has 0 aromatic heterocycles. The van der Waals surface area contributed by atoms with Crippen LogP contribution in [0.3, 0.4) is 0 Å². The summed E-state index contributed by atoms with van der Waals surface area (Å²) in [5.74, 6) is -1.09. The number of halogens is 1. The molecular formula is C23H20ClN3O4S2. The number of carbonyl (C=O) groups excluding carboxylic acids is 3. The number of nitrogens with one attached hydrogen (secondary N) is 1. The molecule has 1 N–H and O–H groups in total. The van der Waals surface area contributed by atoms with E-state index in [0.29, 0.717) is 45.9 Å². The maximum Gasteiger partial charge on any atom is 0.267 e. The first-order valence-corrected chi connectivity index (χ1v) is 11.7. The summed E-state index contributed by atoms with van der Waals surface area (Å²) in [6.07, 6.45) is 0.631. The molecule has 0 unspecified atom stereocenters. The summed E-state index contributed by atoms with van der Waals surface area (Å²) < 4.78 is 5.46. The van der Waals surface area contributed by atoms with E-state index in [-0.39, 0.29) is 28.8 Å². The van der Waals surface area contributed by atoms with Crippen molar-refractivity contribution in [3.05, 3.63) is 64.0 Å². The summed E-state index contributed by atoms with van der Waals surface area (Å²) in [4.78, 5) is 42.4. The fourth-order valence-corrected chi connectivity index (χ4v) is 5.25. The number of thioether (sulfide) groups is 1. The van der Waals surface area contributed by atoms with Crippen LogP contribution in [-0.4, -0.2) is 53.7 Å². The predicted molar refractivity (Wildman–Crippen MR) is 134 cm³/mol. The molecule has 10 heteroatoms. The van der Waals surface area contributed by atoms with Gasteiger partial charge < -0.3 is 10.1 Å². The Bertz CT molecular complexity index is 1180. The van der Waals surface area contributed by atoms with E-state index in [1.807, 2.05) is 0 Å². The minimum Gasteiger partial charge on any atom is -0.385 e. The highest BCUT2D eigenvalue weighted by molar-refractivity contribution is 8.26. The second kappa shape index (κ2) is 10.0. The first-order chi connectivity index (χ1) is 15.9. The first-order valence-electron chi connectivity index (χ1n) is 10.1. The number of rotatable bonds is 7. The fraction of sp³-hybridized carbons (Fsp3) is 0.217. The van der Waals surface area contributed by atoms with Gasteiger partial charge >= 0.3 is 0 Å². The van der Waals surface area contributed by atoms with Crippen LogP contribution in [0.2, 0.25) is 5.02 Å². The smallest absolute Gasteiger partial charge is 0.267 e. The predicted octanol–water partition coefficient (Wildman–Crippen LogP) is 3.93. The molecule has 1 saturated heterocycles. The Labute approximate surface area is 205 Å². The fourth-order valence-electron chi connectivity index (χ4n) is 3.68. The van der Waals surface area contributed by atoms with Gasteiger partial charge in [-0.05, 0) is 30.7 Å². The number of benzene rings is 2. The molecule has 0 radical (unpaired) electrons. The lowest BCUT2D eigenvalue weighted by Gasteiger charge is -2.17. The van der Waals surface area contributed by atoms with Gasteiger partial charge in [0.1, 0.15) is 10.9 Å². The molecule has 2 aliphatic rings. The van der Waals surface area contributed by atoms with Crippen molar-refractivity contribution < 1.29 is 19.1 Å². The summed E-state index contributed by atoms with van der Waals surface area (Å²) in [5.41, 5.74) is 1.98. The zero-order valence-corrected chi connectivity index (χ0v) is 20.1. The Balaban J connectivity index is 1.60. The molecular weight excluding hydrogens is 482 g/mol. The van der Waals surface area contributed by atoms with E-state index in [9.17, 15) is 14.4 Å². The van der Waals surface area contributed by atoms with Crippen LogP contribution in [0.5, 0.6) is 0 Å². The SMILES string of the molecule is COCCCN1C(=O)C(=C2C(=O)N(CC(=O)Nc3cccc(Cl)c3)c3ccccc32)SC1=S. The van der Waals surface area contributed by atoms with E-state index in [4.69, 9.17) is 28.6 Å². The van der Waals surface area contributed by atoms with Crippen LogP contribution in [0, 0.1) is 0 Å². The van der Waals surface area contributed by atoms with Crippen LogP contribution in [0.1, 0.15) is 12.0 Å². The Morgan fingerprint density at radius 1 is 1.12 bits per heavy atom. The van der Waals surface area contributed by atoms with Crippen molar-refractivity contribution in [2.24, 2.45) is 0 Å². The number of thiocarbonyl (C=S) groups is 1. The van der Waals surface area contributed by atoms with Crippen LogP contribution in [0.15, 0.2) is 53.4 Å². The maximum absolute atomic E-state index is 13.4. The number of nitrogens with zero attached hydrogens (tertiary/aromatic N) is 2. The second-order valence-corrected chi connectivity index (χ2v) is 9.42. The molecule has 3 amide bonds. The average molecular weight is 502 g/mol. The standard InChI is InChI=1S/C23H20ClN3O4S2/c1-31-11-5-10-26-22(30)20(33-23(26)32)19-16-8-2-3-9-17(16)27(21(19)29)13-18(28)25-15-7-4-6-14(24)12-15/h2-4,6-9,12H,5,10-11,13H2,1H3,(H,25,28). The van der Waals surface area contributed by atoms with Crippen LogP contribution in [0.25, 0.3) is 5.57 Å². The Hall–Kier alpha value is -2.72. The van der Waals surface area contributed by atoms with Crippen molar-refractivity contribution in [2.45, 2.75) is 6.42 Å². The lowest BCUT2D eigenvalue weighted by atomic mass is 10.1. The molecule has 2 aromatic carbocycles. The lowest BCUT2D eigenvalue weighted by molar-refractivity contribution is -0.122. The van der Waals surface area contributed by atoms with Gasteiger partial charge in [0.15, 0.2) is 0 Å². The van der Waals surface area contributed by atoms with Crippen molar-refractivity contribution in [2.75, 3.05) is 37.0 Å². The van der Waals surface area contributed by atoms with Crippen LogP contribution in [-0.2, 0) is 19.1 Å². The molecule has 1 fully saturated rings. The number of carbonyl (C=O) groups is 3. The molecule has 0 saturated carbocycles. The Morgan fingerprint density at radius 2 is 1.91 bits per heavy atom. The number of fused-ring (bicyclic) bond motifs is 1. The zero-order chi connectivity index (χ0) is 23.5. The number of hydrogen-bond acceptors (Lipinski definition) is 6. The molecule has 0 bridgehead atoms. The summed E-state index contributed by atoms with van der Waals surface area (Å²) in [6.45, 7) is 0.705. The number of methoxy groups -OCH3 is 1. The van der Waals surface area contributed by atoms with Crippen molar-refractivity contribution in [3.63, 3.8) is 0 Å². The van der Waals surface area contributed by atoms with Crippen LogP contribution in [0.4, 0.5) is 11.4 Å². The topological polar surface area (TPSA) is 79.0 Å². The third-order valence-electron chi connectivity index (χ3n) is 5.14. The second-order valence-electron chi connectivity index (χ2n) is 7.34. The Morgan fingerprint density at radius 3 is 2.67 bits per heavy atom. The number of anilines is 2. The molecule has 2 aliphatic heterocycles. The molecule has 7 nitrogen and oxygen atoms in total. The van der Waals surface area contributed by atoms with E-state index < -0.39 is 5.91 Å². The molecule has 0 atom stereocenters. The minimum atomic E-state index is -0.408. The van der Waals surface area contributed by atoms with Crippen molar-refractivity contribution in [1.82, 2.24) is 4.90 Å². The average Bonchev–Trinajstić information content (AvgIpc) is 3.21. The molecule has 0 spiro atoms. The zero-order valence-electron chi connectivity index (χ0n) is 17.7. The molecule has 33 heavy (non-hydrogen) atoms. The highest BCUT2D eigenvalue weighted by Crippen LogP contribution is 2.44. The van der Waals surface area contributed by atoms with E-state index in [2.05, 4.69) is 5.32 Å². The van der Waals surface area contributed by atoms with Gasteiger partial charge in [0.2, 0.25) is 5.91 Å². The van der Waals surface area contributed by atoms with Crippen LogP contribution >= 0.6 is 35.6 Å². The van der Waals surface area contributed by atoms with Gasteiger partial charge in [0.05, 0.1) is 16.2 Å². The maximum atomic E-state index is 13.4. The van der Waals surface area contributed by atoms with Crippen molar-refractivity contribution in [1.29, 1.82) is 0 Å². The first kappa shape index (κ1) is 23.4. The van der Waals surface area contributed by atoms with E-state index in [0.717, 1.165) is 11.8 Å². The number of para-hydroxylation sites is 1. The van der Waals surface area contributed by atoms with E-state index in [1.54, 1.807) is 55.6 Å². The summed E-state index contributed by atoms with van der Waals surface area (Å²) in [7, 11) is 1.59. The van der Waals surface area contributed by atoms with E-state index >= 15 is 0 Å². The largest absolute Gasteiger partial charge is 0.385 e. The minimum absolute atomic E-state index is 0.208. The summed E-state index contributed by atoms with van der Waals surface area (Å²) >= 11 is 12.5.